The molecular formula is C10H10N4O3. The summed E-state index contributed by atoms with van der Waals surface area (Å²) >= 11 is 0. The van der Waals surface area contributed by atoms with Gasteiger partial charge >= 0.3 is 0 Å². The maximum absolute atomic E-state index is 10.9. The SMILES string of the molecule is Nc1ccc(C2=NNC(=O)CC2)cc1[N+](=O)[O-]. The van der Waals surface area contributed by atoms with Crippen molar-refractivity contribution in [2.75, 3.05) is 5.73 Å². The number of benzene rings is 1. The molecule has 0 aliphatic carbocycles. The zero-order valence-corrected chi connectivity index (χ0v) is 8.84. The second kappa shape index (κ2) is 4.20. The number of nitrogens with one attached hydrogen (secondary N) is 1. The molecule has 1 heterocycles. The molecule has 7 nitrogen and oxygen atoms in total. The van der Waals surface area contributed by atoms with Crippen LogP contribution in [0.2, 0.25) is 0 Å². The Morgan fingerprint density at radius 3 is 2.76 bits per heavy atom. The molecule has 0 spiro atoms. The smallest absolute Gasteiger partial charge is 0.292 e. The Labute approximate surface area is 96.5 Å². The molecule has 2 rings (SSSR count). The minimum absolute atomic E-state index is 0.110. The summed E-state index contributed by atoms with van der Waals surface area (Å²) in [5.74, 6) is -0.154. The summed E-state index contributed by atoms with van der Waals surface area (Å²) in [6.45, 7) is 0. The highest BCUT2D eigenvalue weighted by molar-refractivity contribution is 6.04. The van der Waals surface area contributed by atoms with Crippen LogP contribution < -0.4 is 11.2 Å². The summed E-state index contributed by atoms with van der Waals surface area (Å²) in [5, 5.41) is 14.6. The summed E-state index contributed by atoms with van der Waals surface area (Å²) in [4.78, 5) is 21.1. The Hall–Kier alpha value is -2.44. The van der Waals surface area contributed by atoms with Gasteiger partial charge in [0, 0.05) is 24.5 Å². The molecule has 0 bridgehead atoms. The first-order valence-corrected chi connectivity index (χ1v) is 4.97. The van der Waals surface area contributed by atoms with Crippen LogP contribution in [0.5, 0.6) is 0 Å². The summed E-state index contributed by atoms with van der Waals surface area (Å²) in [6, 6.07) is 4.48. The van der Waals surface area contributed by atoms with Gasteiger partial charge in [0.1, 0.15) is 5.69 Å². The Kier molecular flexibility index (Phi) is 2.73. The van der Waals surface area contributed by atoms with Gasteiger partial charge in [0.05, 0.1) is 10.6 Å². The minimum Gasteiger partial charge on any atom is -0.393 e. The third-order valence-electron chi connectivity index (χ3n) is 2.46. The molecule has 1 aromatic carbocycles. The van der Waals surface area contributed by atoms with E-state index in [9.17, 15) is 14.9 Å². The van der Waals surface area contributed by atoms with Gasteiger partial charge in [-0.2, -0.15) is 5.10 Å². The highest BCUT2D eigenvalue weighted by atomic mass is 16.6. The standard InChI is InChI=1S/C10H10N4O3/c11-7-2-1-6(5-9(7)14(16)17)8-3-4-10(15)13-12-8/h1-2,5H,3-4,11H2,(H,13,15). The molecule has 1 aliphatic rings. The lowest BCUT2D eigenvalue weighted by molar-refractivity contribution is -0.383. The summed E-state index contributed by atoms with van der Waals surface area (Å²) in [7, 11) is 0. The lowest BCUT2D eigenvalue weighted by Gasteiger charge is -2.12. The summed E-state index contributed by atoms with van der Waals surface area (Å²) in [5.41, 5.74) is 9.01. The fourth-order valence-electron chi connectivity index (χ4n) is 1.56. The van der Waals surface area contributed by atoms with Gasteiger partial charge in [-0.1, -0.05) is 6.07 Å². The third kappa shape index (κ3) is 2.22. The van der Waals surface area contributed by atoms with Crippen molar-refractivity contribution in [2.24, 2.45) is 5.10 Å². The van der Waals surface area contributed by atoms with Crippen molar-refractivity contribution in [1.29, 1.82) is 0 Å². The summed E-state index contributed by atoms with van der Waals surface area (Å²) in [6.07, 6.45) is 0.796. The first kappa shape index (κ1) is 11.1. The van der Waals surface area contributed by atoms with Gasteiger partial charge in [-0.3, -0.25) is 14.9 Å². The maximum Gasteiger partial charge on any atom is 0.292 e. The number of carbonyl (C=O) groups excluding carboxylic acids is 1. The Morgan fingerprint density at radius 1 is 1.41 bits per heavy atom. The van der Waals surface area contributed by atoms with Crippen LogP contribution in [-0.2, 0) is 4.79 Å². The molecule has 0 atom stereocenters. The molecule has 88 valence electrons. The van der Waals surface area contributed by atoms with E-state index in [-0.39, 0.29) is 17.3 Å². The van der Waals surface area contributed by atoms with Crippen molar-refractivity contribution < 1.29 is 9.72 Å². The van der Waals surface area contributed by atoms with Crippen molar-refractivity contribution in [2.45, 2.75) is 12.8 Å². The molecule has 3 N–H and O–H groups in total. The molecular weight excluding hydrogens is 224 g/mol. The van der Waals surface area contributed by atoms with E-state index < -0.39 is 4.92 Å². The number of hydrazone groups is 1. The number of rotatable bonds is 2. The third-order valence-corrected chi connectivity index (χ3v) is 2.46. The second-order valence-corrected chi connectivity index (χ2v) is 3.62. The van der Waals surface area contributed by atoms with E-state index in [1.807, 2.05) is 0 Å². The van der Waals surface area contributed by atoms with Crippen LogP contribution >= 0.6 is 0 Å². The topological polar surface area (TPSA) is 111 Å². The minimum atomic E-state index is -0.541. The van der Waals surface area contributed by atoms with Crippen molar-refractivity contribution in [3.8, 4) is 0 Å². The number of hydrogen-bond acceptors (Lipinski definition) is 5. The lowest BCUT2D eigenvalue weighted by atomic mass is 10.0. The van der Waals surface area contributed by atoms with Gasteiger partial charge < -0.3 is 5.73 Å². The van der Waals surface area contributed by atoms with Gasteiger partial charge in [-0.15, -0.1) is 0 Å². The molecule has 7 heteroatoms. The van der Waals surface area contributed by atoms with E-state index in [0.717, 1.165) is 0 Å². The van der Waals surface area contributed by atoms with Gasteiger partial charge in [0.2, 0.25) is 5.91 Å². The van der Waals surface area contributed by atoms with E-state index in [1.54, 1.807) is 6.07 Å². The zero-order chi connectivity index (χ0) is 12.4. The lowest BCUT2D eigenvalue weighted by Crippen LogP contribution is -2.25. The van der Waals surface area contributed by atoms with E-state index in [0.29, 0.717) is 24.1 Å². The highest BCUT2D eigenvalue weighted by Gasteiger charge is 2.17. The fourth-order valence-corrected chi connectivity index (χ4v) is 1.56. The molecule has 0 fully saturated rings. The number of nitrogens with two attached hydrogens (primary N) is 1. The quantitative estimate of drug-likeness (QED) is 0.447. The largest absolute Gasteiger partial charge is 0.393 e. The number of carbonyl (C=O) groups is 1. The van der Waals surface area contributed by atoms with Crippen LogP contribution in [0.25, 0.3) is 0 Å². The Balaban J connectivity index is 2.37. The Bertz CT molecular complexity index is 524. The molecule has 0 saturated heterocycles. The van der Waals surface area contributed by atoms with E-state index in [4.69, 9.17) is 5.73 Å². The zero-order valence-electron chi connectivity index (χ0n) is 8.84. The number of nitrogens with zero attached hydrogens (tertiary/aromatic N) is 2. The van der Waals surface area contributed by atoms with Crippen LogP contribution in [0.15, 0.2) is 23.3 Å². The first-order chi connectivity index (χ1) is 8.08. The van der Waals surface area contributed by atoms with E-state index >= 15 is 0 Å². The van der Waals surface area contributed by atoms with Crippen LogP contribution in [0, 0.1) is 10.1 Å². The van der Waals surface area contributed by atoms with Crippen LogP contribution in [0.1, 0.15) is 18.4 Å². The molecule has 1 aromatic rings. The van der Waals surface area contributed by atoms with Crippen molar-refractivity contribution in [3.63, 3.8) is 0 Å². The second-order valence-electron chi connectivity index (χ2n) is 3.62. The molecule has 1 aliphatic heterocycles. The van der Waals surface area contributed by atoms with Crippen LogP contribution in [0.4, 0.5) is 11.4 Å². The van der Waals surface area contributed by atoms with Gasteiger partial charge in [-0.25, -0.2) is 5.43 Å². The first-order valence-electron chi connectivity index (χ1n) is 4.97. The van der Waals surface area contributed by atoms with Gasteiger partial charge in [0.25, 0.3) is 5.69 Å². The number of amides is 1. The molecule has 17 heavy (non-hydrogen) atoms. The predicted octanol–water partition coefficient (Wildman–Crippen LogP) is 0.791. The molecule has 1 amide bonds. The van der Waals surface area contributed by atoms with Crippen LogP contribution in [0.3, 0.4) is 0 Å². The predicted molar refractivity (Wildman–Crippen MR) is 61.4 cm³/mol. The molecule has 0 saturated carbocycles. The number of anilines is 1. The average Bonchev–Trinajstić information content (AvgIpc) is 2.30. The number of nitro benzene ring substituents is 1. The van der Waals surface area contributed by atoms with Crippen molar-refractivity contribution >= 4 is 23.0 Å². The Morgan fingerprint density at radius 2 is 2.18 bits per heavy atom. The average molecular weight is 234 g/mol. The summed E-state index contributed by atoms with van der Waals surface area (Å²) < 4.78 is 0. The van der Waals surface area contributed by atoms with Gasteiger partial charge in [-0.05, 0) is 6.07 Å². The van der Waals surface area contributed by atoms with Crippen LogP contribution in [-0.4, -0.2) is 16.5 Å². The fraction of sp³-hybridized carbons (Fsp3) is 0.200. The van der Waals surface area contributed by atoms with E-state index in [2.05, 4.69) is 10.5 Å². The van der Waals surface area contributed by atoms with Crippen molar-refractivity contribution in [3.05, 3.63) is 33.9 Å². The normalized spacial score (nSPS) is 15.1. The molecule has 0 unspecified atom stereocenters. The van der Waals surface area contributed by atoms with Crippen molar-refractivity contribution in [1.82, 2.24) is 5.43 Å². The van der Waals surface area contributed by atoms with E-state index in [1.165, 1.54) is 12.1 Å². The number of nitrogen functional groups attached to an aromatic ring is 1. The molecule has 0 radical (unpaired) electrons. The molecule has 0 aromatic heterocycles. The van der Waals surface area contributed by atoms with Gasteiger partial charge in [0.15, 0.2) is 0 Å². The number of nitro groups is 1. The number of hydrogen-bond donors (Lipinski definition) is 2. The highest BCUT2D eigenvalue weighted by Crippen LogP contribution is 2.23. The maximum atomic E-state index is 10.9. The monoisotopic (exact) mass is 234 g/mol.